The predicted molar refractivity (Wildman–Crippen MR) is 113 cm³/mol. The highest BCUT2D eigenvalue weighted by Crippen LogP contribution is 2.33. The number of benzene rings is 2. The van der Waals surface area contributed by atoms with Crippen LogP contribution in [-0.2, 0) is 12.7 Å². The second kappa shape index (κ2) is 8.07. The number of hydrogen-bond acceptors (Lipinski definition) is 5. The van der Waals surface area contributed by atoms with Crippen LogP contribution in [0.1, 0.15) is 27.6 Å². The van der Waals surface area contributed by atoms with Crippen LogP contribution >= 0.6 is 11.3 Å². The Labute approximate surface area is 180 Å². The van der Waals surface area contributed by atoms with E-state index in [0.717, 1.165) is 40.1 Å². The van der Waals surface area contributed by atoms with Crippen LogP contribution in [0.4, 0.5) is 13.2 Å². The Morgan fingerprint density at radius 1 is 1.06 bits per heavy atom. The molecule has 0 radical (unpaired) electrons. The molecule has 0 unspecified atom stereocenters. The third kappa shape index (κ3) is 4.41. The normalized spacial score (nSPS) is 11.6. The summed E-state index contributed by atoms with van der Waals surface area (Å²) in [5.74, 6) is 0.143. The fraction of sp³-hybridized carbons (Fsp3) is 0.182. The summed E-state index contributed by atoms with van der Waals surface area (Å²) in [5, 5.41) is 2.84. The molecule has 0 fully saturated rings. The molecule has 158 valence electrons. The van der Waals surface area contributed by atoms with Gasteiger partial charge in [-0.05, 0) is 25.1 Å². The molecule has 5 nitrogen and oxygen atoms in total. The number of carbonyl (C=O) groups excluding carboxylic acids is 1. The van der Waals surface area contributed by atoms with Gasteiger partial charge in [-0.1, -0.05) is 30.3 Å². The molecule has 2 heterocycles. The van der Waals surface area contributed by atoms with Gasteiger partial charge in [0.15, 0.2) is 0 Å². The molecule has 0 saturated carbocycles. The molecule has 0 aliphatic heterocycles. The van der Waals surface area contributed by atoms with Gasteiger partial charge in [0.05, 0.1) is 17.6 Å². The lowest BCUT2D eigenvalue weighted by molar-refractivity contribution is -0.137. The topological polar surface area (TPSA) is 59.0 Å². The van der Waals surface area contributed by atoms with E-state index in [4.69, 9.17) is 0 Å². The van der Waals surface area contributed by atoms with Crippen LogP contribution in [0.3, 0.4) is 0 Å². The number of fused-ring (bicyclic) bond motifs is 1. The maximum absolute atomic E-state index is 13.0. The first-order chi connectivity index (χ1) is 14.7. The van der Waals surface area contributed by atoms with Crippen LogP contribution in [-0.4, -0.2) is 32.8 Å². The second-order valence-electron chi connectivity index (χ2n) is 7.02. The van der Waals surface area contributed by atoms with E-state index in [0.29, 0.717) is 16.4 Å². The molecule has 31 heavy (non-hydrogen) atoms. The minimum atomic E-state index is -4.44. The van der Waals surface area contributed by atoms with E-state index >= 15 is 0 Å². The van der Waals surface area contributed by atoms with Gasteiger partial charge in [0, 0.05) is 29.1 Å². The van der Waals surface area contributed by atoms with E-state index in [2.05, 4.69) is 15.0 Å². The van der Waals surface area contributed by atoms with Crippen LogP contribution in [0, 0.1) is 6.92 Å². The minimum absolute atomic E-state index is 0.164. The zero-order chi connectivity index (χ0) is 22.2. The van der Waals surface area contributed by atoms with Crippen molar-refractivity contribution in [1.82, 2.24) is 19.9 Å². The number of alkyl halides is 3. The SMILES string of the molecule is Cc1nc(CN(C)C(=O)c2csc(-c3cccc(C(F)(F)F)c3)n2)nc2ccccc12. The third-order valence-electron chi connectivity index (χ3n) is 4.73. The fourth-order valence-electron chi connectivity index (χ4n) is 3.18. The molecule has 9 heteroatoms. The number of aromatic nitrogens is 3. The summed E-state index contributed by atoms with van der Waals surface area (Å²) in [6, 6.07) is 12.5. The number of hydrogen-bond donors (Lipinski definition) is 0. The summed E-state index contributed by atoms with van der Waals surface area (Å²) < 4.78 is 38.9. The minimum Gasteiger partial charge on any atom is -0.333 e. The van der Waals surface area contributed by atoms with Crippen LogP contribution in [0.15, 0.2) is 53.9 Å². The van der Waals surface area contributed by atoms with Gasteiger partial charge < -0.3 is 4.90 Å². The summed E-state index contributed by atoms with van der Waals surface area (Å²) in [4.78, 5) is 27.5. The van der Waals surface area contributed by atoms with Crippen molar-refractivity contribution in [3.8, 4) is 10.6 Å². The Morgan fingerprint density at radius 3 is 2.61 bits per heavy atom. The second-order valence-corrected chi connectivity index (χ2v) is 7.88. The standard InChI is InChI=1S/C22H17F3N4OS/c1-13-16-8-3-4-9-17(16)27-19(26-13)11-29(2)21(30)18-12-31-20(28-18)14-6-5-7-15(10-14)22(23,24)25/h3-10,12H,11H2,1-2H3. The molecule has 0 aliphatic carbocycles. The number of nitrogens with zero attached hydrogens (tertiary/aromatic N) is 4. The molecular weight excluding hydrogens is 425 g/mol. The Balaban J connectivity index is 1.54. The Bertz CT molecular complexity index is 1270. The van der Waals surface area contributed by atoms with E-state index < -0.39 is 11.7 Å². The van der Waals surface area contributed by atoms with Crippen molar-refractivity contribution in [3.63, 3.8) is 0 Å². The van der Waals surface area contributed by atoms with Gasteiger partial charge in [-0.15, -0.1) is 11.3 Å². The number of halogens is 3. The Morgan fingerprint density at radius 2 is 1.84 bits per heavy atom. The molecule has 2 aromatic heterocycles. The number of rotatable bonds is 4. The van der Waals surface area contributed by atoms with Gasteiger partial charge in [0.2, 0.25) is 0 Å². The smallest absolute Gasteiger partial charge is 0.333 e. The van der Waals surface area contributed by atoms with Gasteiger partial charge in [0.25, 0.3) is 5.91 Å². The zero-order valence-corrected chi connectivity index (χ0v) is 17.5. The Hall–Kier alpha value is -3.33. The Kier molecular flexibility index (Phi) is 5.45. The largest absolute Gasteiger partial charge is 0.416 e. The highest BCUT2D eigenvalue weighted by molar-refractivity contribution is 7.13. The first-order valence-corrected chi connectivity index (χ1v) is 10.2. The van der Waals surface area contributed by atoms with Gasteiger partial charge in [-0.3, -0.25) is 4.79 Å². The average molecular weight is 442 g/mol. The average Bonchev–Trinajstić information content (AvgIpc) is 3.23. The number of thiazole rings is 1. The molecule has 0 saturated heterocycles. The van der Waals surface area contributed by atoms with Gasteiger partial charge in [-0.2, -0.15) is 13.2 Å². The summed E-state index contributed by atoms with van der Waals surface area (Å²) in [6.07, 6.45) is -4.44. The molecule has 4 rings (SSSR count). The molecular formula is C22H17F3N4OS. The summed E-state index contributed by atoms with van der Waals surface area (Å²) in [5.41, 5.74) is 1.34. The summed E-state index contributed by atoms with van der Waals surface area (Å²) in [6.45, 7) is 2.07. The van der Waals surface area contributed by atoms with Crippen LogP contribution < -0.4 is 0 Å². The lowest BCUT2D eigenvalue weighted by atomic mass is 10.1. The molecule has 0 N–H and O–H groups in total. The molecule has 4 aromatic rings. The highest BCUT2D eigenvalue weighted by atomic mass is 32.1. The number of amides is 1. The zero-order valence-electron chi connectivity index (χ0n) is 16.6. The van der Waals surface area contributed by atoms with Crippen LogP contribution in [0.5, 0.6) is 0 Å². The molecule has 0 aliphatic rings. The van der Waals surface area contributed by atoms with Gasteiger partial charge in [-0.25, -0.2) is 15.0 Å². The van der Waals surface area contributed by atoms with E-state index in [1.807, 2.05) is 31.2 Å². The molecule has 1 amide bonds. The first kappa shape index (κ1) is 20.9. The van der Waals surface area contributed by atoms with E-state index in [1.165, 1.54) is 17.0 Å². The third-order valence-corrected chi connectivity index (χ3v) is 5.62. The maximum atomic E-state index is 13.0. The van der Waals surface area contributed by atoms with Gasteiger partial charge in [0.1, 0.15) is 16.5 Å². The molecule has 0 spiro atoms. The van der Waals surface area contributed by atoms with Crippen molar-refractivity contribution in [2.75, 3.05) is 7.05 Å². The predicted octanol–water partition coefficient (Wildman–Crippen LogP) is 5.35. The lowest BCUT2D eigenvalue weighted by Crippen LogP contribution is -2.27. The van der Waals surface area contributed by atoms with Gasteiger partial charge >= 0.3 is 6.18 Å². The van der Waals surface area contributed by atoms with Crippen LogP contribution in [0.2, 0.25) is 0 Å². The quantitative estimate of drug-likeness (QED) is 0.427. The highest BCUT2D eigenvalue weighted by Gasteiger charge is 2.30. The lowest BCUT2D eigenvalue weighted by Gasteiger charge is -2.15. The van der Waals surface area contributed by atoms with Crippen molar-refractivity contribution in [2.24, 2.45) is 0 Å². The van der Waals surface area contributed by atoms with E-state index in [9.17, 15) is 18.0 Å². The summed E-state index contributed by atoms with van der Waals surface area (Å²) >= 11 is 1.12. The summed E-state index contributed by atoms with van der Waals surface area (Å²) in [7, 11) is 1.61. The molecule has 0 bridgehead atoms. The van der Waals surface area contributed by atoms with Crippen molar-refractivity contribution in [1.29, 1.82) is 0 Å². The number of carbonyl (C=O) groups is 1. The molecule has 0 atom stereocenters. The monoisotopic (exact) mass is 442 g/mol. The van der Waals surface area contributed by atoms with Crippen molar-refractivity contribution < 1.29 is 18.0 Å². The maximum Gasteiger partial charge on any atom is 0.416 e. The number of para-hydroxylation sites is 1. The number of aryl methyl sites for hydroxylation is 1. The van der Waals surface area contributed by atoms with Crippen molar-refractivity contribution >= 4 is 28.1 Å². The fourth-order valence-corrected chi connectivity index (χ4v) is 3.97. The van der Waals surface area contributed by atoms with Crippen LogP contribution in [0.25, 0.3) is 21.5 Å². The first-order valence-electron chi connectivity index (χ1n) is 9.33. The van der Waals surface area contributed by atoms with E-state index in [-0.39, 0.29) is 18.1 Å². The van der Waals surface area contributed by atoms with Crippen molar-refractivity contribution in [2.45, 2.75) is 19.6 Å². The van der Waals surface area contributed by atoms with E-state index in [1.54, 1.807) is 12.4 Å². The molecule has 2 aromatic carbocycles. The van der Waals surface area contributed by atoms with Crippen molar-refractivity contribution in [3.05, 3.63) is 76.7 Å².